The van der Waals surface area contributed by atoms with Crippen LogP contribution in [0.4, 0.5) is 0 Å². The van der Waals surface area contributed by atoms with E-state index in [9.17, 15) is 0 Å². The quantitative estimate of drug-likeness (QED) is 0.804. The van der Waals surface area contributed by atoms with Crippen molar-refractivity contribution < 1.29 is 0 Å². The first-order chi connectivity index (χ1) is 10.2. The molecule has 2 nitrogen and oxygen atoms in total. The summed E-state index contributed by atoms with van der Waals surface area (Å²) in [6, 6.07) is 4.37. The van der Waals surface area contributed by atoms with Crippen LogP contribution >= 0.6 is 11.6 Å². The first-order valence-electron chi connectivity index (χ1n) is 7.92. The first kappa shape index (κ1) is 13.4. The smallest absolute Gasteiger partial charge is 0.0945 e. The van der Waals surface area contributed by atoms with Crippen molar-refractivity contribution in [2.24, 2.45) is 5.92 Å². The Balaban J connectivity index is 1.74. The Morgan fingerprint density at radius 3 is 3.14 bits per heavy atom. The Kier molecular flexibility index (Phi) is 3.11. The van der Waals surface area contributed by atoms with E-state index >= 15 is 0 Å². The zero-order valence-electron chi connectivity index (χ0n) is 12.5. The maximum Gasteiger partial charge on any atom is 0.0945 e. The summed E-state index contributed by atoms with van der Waals surface area (Å²) < 4.78 is 2.21. The molecule has 21 heavy (non-hydrogen) atoms. The molecular formula is C18H21ClN2. The van der Waals surface area contributed by atoms with Crippen molar-refractivity contribution in [3.8, 4) is 0 Å². The average Bonchev–Trinajstić information content (AvgIpc) is 2.94. The van der Waals surface area contributed by atoms with Gasteiger partial charge in [0.1, 0.15) is 0 Å². The summed E-state index contributed by atoms with van der Waals surface area (Å²) in [7, 11) is 0. The van der Waals surface area contributed by atoms with Crippen LogP contribution in [0, 0.1) is 5.92 Å². The molecular weight excluding hydrogens is 280 g/mol. The second-order valence-corrected chi connectivity index (χ2v) is 7.42. The highest BCUT2D eigenvalue weighted by Crippen LogP contribution is 2.49. The fourth-order valence-electron chi connectivity index (χ4n) is 4.65. The molecule has 0 radical (unpaired) electrons. The number of aryl methyl sites for hydroxylation is 1. The molecule has 2 aliphatic carbocycles. The zero-order valence-corrected chi connectivity index (χ0v) is 13.2. The highest BCUT2D eigenvalue weighted by Gasteiger charge is 2.40. The molecule has 1 aromatic carbocycles. The van der Waals surface area contributed by atoms with Crippen molar-refractivity contribution in [2.75, 3.05) is 0 Å². The van der Waals surface area contributed by atoms with Gasteiger partial charge in [-0.05, 0) is 66.2 Å². The molecule has 0 bridgehead atoms. The molecule has 0 fully saturated rings. The van der Waals surface area contributed by atoms with Crippen LogP contribution in [0.1, 0.15) is 42.9 Å². The second-order valence-electron chi connectivity index (χ2n) is 7.01. The van der Waals surface area contributed by atoms with E-state index in [1.54, 1.807) is 11.1 Å². The molecule has 110 valence electrons. The van der Waals surface area contributed by atoms with E-state index in [0.717, 1.165) is 18.0 Å². The van der Waals surface area contributed by atoms with Crippen LogP contribution in [-0.4, -0.2) is 9.55 Å². The fourth-order valence-corrected chi connectivity index (χ4v) is 4.88. The van der Waals surface area contributed by atoms with Gasteiger partial charge in [0.15, 0.2) is 0 Å². The van der Waals surface area contributed by atoms with Crippen LogP contribution < -0.4 is 0 Å². The molecule has 2 aliphatic rings. The minimum Gasteiger partial charge on any atom is -0.337 e. The Hall–Kier alpha value is -1.28. The number of aromatic nitrogens is 2. The molecule has 0 amide bonds. The van der Waals surface area contributed by atoms with Gasteiger partial charge in [-0.3, -0.25) is 0 Å². The molecule has 0 spiro atoms. The van der Waals surface area contributed by atoms with E-state index in [-0.39, 0.29) is 0 Å². The van der Waals surface area contributed by atoms with Crippen molar-refractivity contribution in [1.29, 1.82) is 0 Å². The topological polar surface area (TPSA) is 17.8 Å². The van der Waals surface area contributed by atoms with Crippen LogP contribution in [0.25, 0.3) is 0 Å². The third kappa shape index (κ3) is 2.20. The predicted molar refractivity (Wildman–Crippen MR) is 85.8 cm³/mol. The lowest BCUT2D eigenvalue weighted by molar-refractivity contribution is 0.251. The summed E-state index contributed by atoms with van der Waals surface area (Å²) in [5.41, 5.74) is 4.87. The van der Waals surface area contributed by atoms with Crippen LogP contribution in [0.3, 0.4) is 0 Å². The SMILES string of the molecule is C[C@]12CCCc3ccc(Cl)c(c31)C[C@H](Cn1ccnc1)C2. The summed E-state index contributed by atoms with van der Waals surface area (Å²) in [5.74, 6) is 0.655. The number of imidazole rings is 1. The Bertz CT molecular complexity index is 662. The third-order valence-electron chi connectivity index (χ3n) is 5.38. The monoisotopic (exact) mass is 300 g/mol. The van der Waals surface area contributed by atoms with Gasteiger partial charge in [0.2, 0.25) is 0 Å². The zero-order chi connectivity index (χ0) is 14.4. The molecule has 4 rings (SSSR count). The van der Waals surface area contributed by atoms with Gasteiger partial charge in [-0.1, -0.05) is 24.6 Å². The molecule has 0 unspecified atom stereocenters. The van der Waals surface area contributed by atoms with Crippen LogP contribution in [0.5, 0.6) is 0 Å². The summed E-state index contributed by atoms with van der Waals surface area (Å²) in [5, 5.41) is 0.970. The van der Waals surface area contributed by atoms with Crippen molar-refractivity contribution >= 4 is 11.6 Å². The fraction of sp³-hybridized carbons (Fsp3) is 0.500. The van der Waals surface area contributed by atoms with Crippen molar-refractivity contribution in [3.63, 3.8) is 0 Å². The highest BCUT2D eigenvalue weighted by molar-refractivity contribution is 6.31. The maximum absolute atomic E-state index is 6.55. The number of halogens is 1. The van der Waals surface area contributed by atoms with Gasteiger partial charge >= 0.3 is 0 Å². The highest BCUT2D eigenvalue weighted by atomic mass is 35.5. The lowest BCUT2D eigenvalue weighted by atomic mass is 9.61. The largest absolute Gasteiger partial charge is 0.337 e. The minimum absolute atomic E-state index is 0.317. The molecule has 0 saturated heterocycles. The molecule has 3 heteroatoms. The van der Waals surface area contributed by atoms with Gasteiger partial charge in [0, 0.05) is 24.0 Å². The van der Waals surface area contributed by atoms with Gasteiger partial charge in [-0.2, -0.15) is 0 Å². The average molecular weight is 301 g/mol. The van der Waals surface area contributed by atoms with Crippen molar-refractivity contribution in [2.45, 2.75) is 51.0 Å². The predicted octanol–water partition coefficient (Wildman–Crippen LogP) is 4.39. The first-order valence-corrected chi connectivity index (χ1v) is 8.30. The molecule has 0 saturated carbocycles. The summed E-state index contributed by atoms with van der Waals surface area (Å²) in [4.78, 5) is 4.17. The van der Waals surface area contributed by atoms with Gasteiger partial charge in [0.25, 0.3) is 0 Å². The summed E-state index contributed by atoms with van der Waals surface area (Å²) >= 11 is 6.55. The maximum atomic E-state index is 6.55. The van der Waals surface area contributed by atoms with Gasteiger partial charge in [-0.15, -0.1) is 0 Å². The Morgan fingerprint density at radius 2 is 2.33 bits per heavy atom. The standard InChI is InChI=1S/C18H21ClN2/c1-18-6-2-3-14-4-5-16(19)15(17(14)18)9-13(10-18)11-21-8-7-20-12-21/h4-5,7-8,12-13H,2-3,6,9-11H2,1H3/t13-,18+/m0/s1. The number of rotatable bonds is 2. The normalized spacial score (nSPS) is 27.4. The lowest BCUT2D eigenvalue weighted by Gasteiger charge is -2.44. The van der Waals surface area contributed by atoms with E-state index < -0.39 is 0 Å². The van der Waals surface area contributed by atoms with E-state index in [1.807, 2.05) is 12.5 Å². The van der Waals surface area contributed by atoms with Gasteiger partial charge in [0.05, 0.1) is 6.33 Å². The van der Waals surface area contributed by atoms with Gasteiger partial charge in [-0.25, -0.2) is 4.98 Å². The molecule has 0 N–H and O–H groups in total. The van der Waals surface area contributed by atoms with Crippen molar-refractivity contribution in [1.82, 2.24) is 9.55 Å². The molecule has 1 aromatic heterocycles. The third-order valence-corrected chi connectivity index (χ3v) is 5.73. The van der Waals surface area contributed by atoms with E-state index in [1.165, 1.54) is 31.2 Å². The molecule has 2 atom stereocenters. The number of benzene rings is 1. The van der Waals surface area contributed by atoms with Crippen LogP contribution in [0.15, 0.2) is 30.9 Å². The van der Waals surface area contributed by atoms with E-state index in [2.05, 4.69) is 34.8 Å². The number of hydrogen-bond donors (Lipinski definition) is 0. The lowest BCUT2D eigenvalue weighted by Crippen LogP contribution is -2.37. The van der Waals surface area contributed by atoms with Crippen LogP contribution in [0.2, 0.25) is 5.02 Å². The second kappa shape index (κ2) is 4.88. The number of hydrogen-bond acceptors (Lipinski definition) is 1. The molecule has 2 aromatic rings. The Labute approximate surface area is 131 Å². The van der Waals surface area contributed by atoms with Gasteiger partial charge < -0.3 is 4.57 Å². The van der Waals surface area contributed by atoms with Crippen LogP contribution in [-0.2, 0) is 24.8 Å². The summed E-state index contributed by atoms with van der Waals surface area (Å²) in [6.45, 7) is 3.50. The summed E-state index contributed by atoms with van der Waals surface area (Å²) in [6.07, 6.45) is 12.1. The molecule has 0 aliphatic heterocycles. The van der Waals surface area contributed by atoms with E-state index in [4.69, 9.17) is 11.6 Å². The number of nitrogens with zero attached hydrogens (tertiary/aromatic N) is 2. The Morgan fingerprint density at radius 1 is 1.43 bits per heavy atom. The van der Waals surface area contributed by atoms with E-state index in [0.29, 0.717) is 11.3 Å². The molecule has 1 heterocycles. The van der Waals surface area contributed by atoms with Crippen molar-refractivity contribution in [3.05, 3.63) is 52.6 Å². The minimum atomic E-state index is 0.317.